The minimum atomic E-state index is 0.801. The number of piperazine rings is 1. The summed E-state index contributed by atoms with van der Waals surface area (Å²) in [6.07, 6.45) is 6.96. The number of benzene rings is 2. The lowest BCUT2D eigenvalue weighted by Crippen LogP contribution is -2.53. The molecular weight excluding hydrogens is 366 g/mol. The van der Waals surface area contributed by atoms with E-state index in [1.165, 1.54) is 32.1 Å². The number of nitrogens with zero attached hydrogens (tertiary/aromatic N) is 2. The monoisotopic (exact) mass is 395 g/mol. The lowest BCUT2D eigenvalue weighted by Gasteiger charge is -2.41. The van der Waals surface area contributed by atoms with Crippen LogP contribution in [0.1, 0.15) is 32.1 Å². The first-order valence-corrected chi connectivity index (χ1v) is 10.8. The zero-order chi connectivity index (χ0) is 19.2. The summed E-state index contributed by atoms with van der Waals surface area (Å²) in [4.78, 5) is 4.97. The molecule has 0 aromatic heterocycles. The summed E-state index contributed by atoms with van der Waals surface area (Å²) in [6, 6.07) is 18.6. The van der Waals surface area contributed by atoms with Gasteiger partial charge in [0.25, 0.3) is 0 Å². The Morgan fingerprint density at radius 2 is 1.46 bits per heavy atom. The molecule has 1 saturated carbocycles. The number of anilines is 1. The first-order valence-electron chi connectivity index (χ1n) is 10.4. The Morgan fingerprint density at radius 1 is 0.821 bits per heavy atom. The molecule has 0 amide bonds. The summed E-state index contributed by atoms with van der Waals surface area (Å²) in [5.41, 5.74) is 1.00. The van der Waals surface area contributed by atoms with E-state index in [4.69, 9.17) is 17.0 Å². The van der Waals surface area contributed by atoms with Crippen molar-refractivity contribution in [3.05, 3.63) is 54.6 Å². The maximum absolute atomic E-state index is 5.85. The van der Waals surface area contributed by atoms with E-state index in [1.807, 2.05) is 54.6 Å². The molecule has 5 heteroatoms. The Balaban J connectivity index is 1.26. The highest BCUT2D eigenvalue weighted by Crippen LogP contribution is 2.25. The molecule has 0 spiro atoms. The van der Waals surface area contributed by atoms with Crippen LogP contribution in [0.4, 0.5) is 5.69 Å². The lowest BCUT2D eigenvalue weighted by molar-refractivity contribution is 0.108. The fourth-order valence-corrected chi connectivity index (χ4v) is 4.47. The molecule has 1 N–H and O–H groups in total. The van der Waals surface area contributed by atoms with Crippen molar-refractivity contribution in [2.75, 3.05) is 31.5 Å². The highest BCUT2D eigenvalue weighted by atomic mass is 32.1. The molecule has 1 heterocycles. The third-order valence-corrected chi connectivity index (χ3v) is 6.14. The van der Waals surface area contributed by atoms with E-state index in [2.05, 4.69) is 15.1 Å². The maximum atomic E-state index is 5.85. The van der Waals surface area contributed by atoms with Gasteiger partial charge in [0, 0.05) is 37.9 Å². The average Bonchev–Trinajstić information content (AvgIpc) is 2.76. The van der Waals surface area contributed by atoms with Crippen molar-refractivity contribution in [1.29, 1.82) is 0 Å². The van der Waals surface area contributed by atoms with Crippen LogP contribution in [0.5, 0.6) is 11.5 Å². The molecule has 4 nitrogen and oxygen atoms in total. The Kier molecular flexibility index (Phi) is 6.45. The van der Waals surface area contributed by atoms with Crippen LogP contribution in [0.15, 0.2) is 54.6 Å². The Hall–Kier alpha value is -2.11. The summed E-state index contributed by atoms with van der Waals surface area (Å²) in [5, 5.41) is 4.20. The number of rotatable bonds is 4. The van der Waals surface area contributed by atoms with Crippen molar-refractivity contribution in [2.45, 2.75) is 38.1 Å². The van der Waals surface area contributed by atoms with Gasteiger partial charge in [-0.15, -0.1) is 0 Å². The Bertz CT molecular complexity index is 751. The molecule has 148 valence electrons. The second-order valence-electron chi connectivity index (χ2n) is 7.68. The number of nitrogens with one attached hydrogen (secondary N) is 1. The third kappa shape index (κ3) is 5.03. The molecule has 2 aliphatic rings. The van der Waals surface area contributed by atoms with Gasteiger partial charge in [0.2, 0.25) is 0 Å². The fourth-order valence-electron chi connectivity index (χ4n) is 4.17. The quantitative estimate of drug-likeness (QED) is 0.725. The molecule has 0 radical (unpaired) electrons. The SMILES string of the molecule is S=C(Nc1ccc(Oc2ccccc2)cc1)N1CCN(C2CCCCC2)CC1. The standard InChI is InChI=1S/C23H29N3OS/c28-23(26-17-15-25(16-18-26)20-7-3-1-4-8-20)24-19-11-13-22(14-12-19)27-21-9-5-2-6-10-21/h2,5-6,9-14,20H,1,3-4,7-8,15-18H2,(H,24,28). The summed E-state index contributed by atoms with van der Waals surface area (Å²) in [5.74, 6) is 1.67. The van der Waals surface area contributed by atoms with Crippen molar-refractivity contribution in [3.8, 4) is 11.5 Å². The lowest BCUT2D eigenvalue weighted by atomic mass is 9.94. The van der Waals surface area contributed by atoms with Crippen LogP contribution in [0.25, 0.3) is 0 Å². The molecule has 0 unspecified atom stereocenters. The van der Waals surface area contributed by atoms with Crippen molar-refractivity contribution in [1.82, 2.24) is 9.80 Å². The highest BCUT2D eigenvalue weighted by molar-refractivity contribution is 7.80. The van der Waals surface area contributed by atoms with Crippen LogP contribution in [0.3, 0.4) is 0 Å². The Morgan fingerprint density at radius 3 is 2.14 bits per heavy atom. The van der Waals surface area contributed by atoms with Crippen molar-refractivity contribution >= 4 is 23.0 Å². The topological polar surface area (TPSA) is 27.7 Å². The van der Waals surface area contributed by atoms with Gasteiger partial charge in [0.1, 0.15) is 11.5 Å². The van der Waals surface area contributed by atoms with E-state index in [0.29, 0.717) is 0 Å². The van der Waals surface area contributed by atoms with Crippen LogP contribution < -0.4 is 10.1 Å². The van der Waals surface area contributed by atoms with Gasteiger partial charge in [-0.2, -0.15) is 0 Å². The normalized spacial score (nSPS) is 18.6. The van der Waals surface area contributed by atoms with Gasteiger partial charge >= 0.3 is 0 Å². The molecule has 28 heavy (non-hydrogen) atoms. The molecule has 0 bridgehead atoms. The molecule has 2 fully saturated rings. The molecular formula is C23H29N3OS. The van der Waals surface area contributed by atoms with Crippen molar-refractivity contribution in [2.24, 2.45) is 0 Å². The zero-order valence-electron chi connectivity index (χ0n) is 16.3. The number of para-hydroxylation sites is 1. The molecule has 4 rings (SSSR count). The maximum Gasteiger partial charge on any atom is 0.173 e. The van der Waals surface area contributed by atoms with Gasteiger partial charge < -0.3 is 15.0 Å². The number of ether oxygens (including phenoxy) is 1. The molecule has 0 atom stereocenters. The van der Waals surface area contributed by atoms with Crippen LogP contribution in [-0.4, -0.2) is 47.1 Å². The van der Waals surface area contributed by atoms with E-state index >= 15 is 0 Å². The van der Waals surface area contributed by atoms with Gasteiger partial charge in [-0.1, -0.05) is 37.5 Å². The van der Waals surface area contributed by atoms with Crippen LogP contribution in [-0.2, 0) is 0 Å². The highest BCUT2D eigenvalue weighted by Gasteiger charge is 2.25. The van der Waals surface area contributed by atoms with Crippen LogP contribution in [0.2, 0.25) is 0 Å². The average molecular weight is 396 g/mol. The van der Waals surface area contributed by atoms with E-state index in [1.54, 1.807) is 0 Å². The summed E-state index contributed by atoms with van der Waals surface area (Å²) in [6.45, 7) is 4.27. The predicted molar refractivity (Wildman–Crippen MR) is 119 cm³/mol. The van der Waals surface area contributed by atoms with Crippen LogP contribution >= 0.6 is 12.2 Å². The van der Waals surface area contributed by atoms with Crippen LogP contribution in [0, 0.1) is 0 Å². The van der Waals surface area contributed by atoms with E-state index in [-0.39, 0.29) is 0 Å². The first kappa shape index (κ1) is 19.2. The molecule has 1 saturated heterocycles. The number of hydrogen-bond donors (Lipinski definition) is 1. The second-order valence-corrected chi connectivity index (χ2v) is 8.07. The van der Waals surface area contributed by atoms with E-state index < -0.39 is 0 Å². The molecule has 2 aromatic rings. The summed E-state index contributed by atoms with van der Waals surface area (Å²) in [7, 11) is 0. The predicted octanol–water partition coefficient (Wildman–Crippen LogP) is 5.13. The largest absolute Gasteiger partial charge is 0.457 e. The second kappa shape index (κ2) is 9.39. The van der Waals surface area contributed by atoms with Gasteiger partial charge in [-0.3, -0.25) is 4.90 Å². The fraction of sp³-hybridized carbons (Fsp3) is 0.435. The first-order chi connectivity index (χ1) is 13.8. The van der Waals surface area contributed by atoms with Gasteiger partial charge in [0.15, 0.2) is 5.11 Å². The van der Waals surface area contributed by atoms with Gasteiger partial charge in [0.05, 0.1) is 0 Å². The number of thiocarbonyl (C=S) groups is 1. The van der Waals surface area contributed by atoms with Crippen molar-refractivity contribution < 1.29 is 4.74 Å². The van der Waals surface area contributed by atoms with Gasteiger partial charge in [-0.25, -0.2) is 0 Å². The summed E-state index contributed by atoms with van der Waals surface area (Å²) >= 11 is 5.65. The van der Waals surface area contributed by atoms with Gasteiger partial charge in [-0.05, 0) is 61.5 Å². The van der Waals surface area contributed by atoms with E-state index in [9.17, 15) is 0 Å². The smallest absolute Gasteiger partial charge is 0.173 e. The van der Waals surface area contributed by atoms with E-state index in [0.717, 1.165) is 54.5 Å². The molecule has 2 aromatic carbocycles. The Labute approximate surface area is 173 Å². The molecule has 1 aliphatic carbocycles. The number of hydrogen-bond acceptors (Lipinski definition) is 3. The molecule has 1 aliphatic heterocycles. The minimum Gasteiger partial charge on any atom is -0.457 e. The summed E-state index contributed by atoms with van der Waals surface area (Å²) < 4.78 is 5.85. The zero-order valence-corrected chi connectivity index (χ0v) is 17.2. The third-order valence-electron chi connectivity index (χ3n) is 5.78. The van der Waals surface area contributed by atoms with Crippen molar-refractivity contribution in [3.63, 3.8) is 0 Å². The minimum absolute atomic E-state index is 0.801.